The zero-order valence-electron chi connectivity index (χ0n) is 25.7. The summed E-state index contributed by atoms with van der Waals surface area (Å²) in [6.07, 6.45) is 8.24. The third-order valence-corrected chi connectivity index (χ3v) is 8.85. The molecule has 0 unspecified atom stereocenters. The average Bonchev–Trinajstić information content (AvgIpc) is 3.59. The molecule has 0 atom stereocenters. The fourth-order valence-electron chi connectivity index (χ4n) is 4.83. The average molecular weight is 614 g/mol. The van der Waals surface area contributed by atoms with E-state index in [0.29, 0.717) is 0 Å². The Kier molecular flexibility index (Phi) is 10.0. The van der Waals surface area contributed by atoms with E-state index in [1.54, 1.807) is 0 Å². The molecule has 1 aliphatic carbocycles. The second-order valence-electron chi connectivity index (χ2n) is 12.9. The maximum atomic E-state index is 3.05. The van der Waals surface area contributed by atoms with Crippen LogP contribution in [0.1, 0.15) is 77.1 Å². The van der Waals surface area contributed by atoms with E-state index in [1.807, 2.05) is 6.08 Å². The van der Waals surface area contributed by atoms with Crippen molar-refractivity contribution in [2.75, 3.05) is 0 Å². The number of allylic oxidation sites excluding steroid dienone is 4. The zero-order valence-corrected chi connectivity index (χ0v) is 28.1. The normalized spacial score (nSPS) is 12.9. The van der Waals surface area contributed by atoms with Gasteiger partial charge in [0.25, 0.3) is 0 Å². The van der Waals surface area contributed by atoms with Gasteiger partial charge in [-0.15, -0.1) is 53.1 Å². The number of hydrogen-bond acceptors (Lipinski definition) is 0. The monoisotopic (exact) mass is 612 g/mol. The summed E-state index contributed by atoms with van der Waals surface area (Å²) in [7, 11) is 0. The summed E-state index contributed by atoms with van der Waals surface area (Å²) in [5.41, 5.74) is 7.22. The summed E-state index contributed by atoms with van der Waals surface area (Å²) in [5, 5.41) is 5.48. The van der Waals surface area contributed by atoms with E-state index in [4.69, 9.17) is 0 Å². The summed E-state index contributed by atoms with van der Waals surface area (Å²) in [4.78, 5) is 0. The van der Waals surface area contributed by atoms with E-state index in [1.165, 1.54) is 76.8 Å². The van der Waals surface area contributed by atoms with Crippen molar-refractivity contribution in [3.63, 3.8) is 0 Å². The van der Waals surface area contributed by atoms with Crippen molar-refractivity contribution in [1.82, 2.24) is 0 Å². The van der Waals surface area contributed by atoms with Gasteiger partial charge in [-0.3, -0.25) is 6.08 Å². The zero-order chi connectivity index (χ0) is 29.6. The molecule has 0 nitrogen and oxygen atoms in total. The van der Waals surface area contributed by atoms with Gasteiger partial charge in [0.1, 0.15) is 0 Å². The van der Waals surface area contributed by atoms with Gasteiger partial charge in [-0.25, -0.2) is 11.6 Å². The Balaban J connectivity index is 0.000000165. The van der Waals surface area contributed by atoms with Gasteiger partial charge in [0.2, 0.25) is 0 Å². The molecule has 0 saturated carbocycles. The van der Waals surface area contributed by atoms with Gasteiger partial charge >= 0.3 is 99.2 Å². The van der Waals surface area contributed by atoms with Crippen molar-refractivity contribution < 1.29 is 24.2 Å². The molecule has 0 heterocycles. The minimum absolute atomic E-state index is 0.203. The molecular formula is C40H42Zr. The van der Waals surface area contributed by atoms with Crippen LogP contribution < -0.4 is 0 Å². The molecule has 0 aromatic heterocycles. The molecule has 0 spiro atoms. The van der Waals surface area contributed by atoms with Crippen LogP contribution >= 0.6 is 0 Å². The van der Waals surface area contributed by atoms with Gasteiger partial charge in [-0.1, -0.05) is 76.9 Å². The van der Waals surface area contributed by atoms with Crippen LogP contribution in [0.4, 0.5) is 0 Å². The van der Waals surface area contributed by atoms with Crippen LogP contribution in [0, 0.1) is 6.08 Å². The molecule has 5 aromatic carbocycles. The Morgan fingerprint density at radius 1 is 0.659 bits per heavy atom. The Labute approximate surface area is 262 Å². The summed E-state index contributed by atoms with van der Waals surface area (Å²) in [6, 6.07) is 37.3. The van der Waals surface area contributed by atoms with Crippen molar-refractivity contribution in [1.29, 1.82) is 0 Å². The van der Waals surface area contributed by atoms with Gasteiger partial charge in [0.15, 0.2) is 0 Å². The van der Waals surface area contributed by atoms with E-state index in [9.17, 15) is 0 Å². The third-order valence-electron chi connectivity index (χ3n) is 7.43. The molecule has 206 valence electrons. The topological polar surface area (TPSA) is 0 Å². The second-order valence-corrected chi connectivity index (χ2v) is 14.1. The third kappa shape index (κ3) is 8.27. The van der Waals surface area contributed by atoms with E-state index in [0.717, 1.165) is 6.42 Å². The van der Waals surface area contributed by atoms with Crippen LogP contribution in [-0.2, 0) is 35.1 Å². The standard InChI is InChI=1S/C21H25.C13H10.C6H7.Zr/c1-20(2,3)16-7-9-18-14(12-16)11-15-13-17(21(4,5)6)8-10-19(15)18;1-3-7-12(8-4-1)11-13-9-5-2-6-10-13;1-6-4-2-3-5-6;/h7-13H,1-6H3;1-10H;4-5H,2H2,1H3;/q-1;;-1;+2. The van der Waals surface area contributed by atoms with Crippen LogP contribution in [0.15, 0.2) is 121 Å². The fourth-order valence-corrected chi connectivity index (χ4v) is 5.65. The minimum atomic E-state index is 0.203. The SMILES string of the molecule is CC(C)(C)c1ccc2c(c1)[cH-]c1cc(C(C)(C)C)ccc12.CC1=CC[C-]=C1.[Zr+2]=[C](c1ccccc1)c1ccccc1. The van der Waals surface area contributed by atoms with Gasteiger partial charge in [0, 0.05) is 0 Å². The molecule has 5 aromatic rings. The molecule has 0 amide bonds. The number of benzene rings is 4. The molecule has 0 fully saturated rings. The van der Waals surface area contributed by atoms with Gasteiger partial charge < -0.3 is 0 Å². The van der Waals surface area contributed by atoms with Gasteiger partial charge in [-0.05, 0) is 10.8 Å². The predicted molar refractivity (Wildman–Crippen MR) is 177 cm³/mol. The van der Waals surface area contributed by atoms with Crippen LogP contribution in [-0.4, -0.2) is 3.21 Å². The summed E-state index contributed by atoms with van der Waals surface area (Å²) >= 11 is 1.46. The summed E-state index contributed by atoms with van der Waals surface area (Å²) in [5.74, 6) is 0. The van der Waals surface area contributed by atoms with Crippen molar-refractivity contribution in [3.8, 4) is 0 Å². The quantitative estimate of drug-likeness (QED) is 0.174. The molecule has 1 heteroatoms. The first kappa shape index (κ1) is 30.9. The molecule has 6 rings (SSSR count). The fraction of sp³-hybridized carbons (Fsp3) is 0.250. The Hall–Kier alpha value is -3.02. The van der Waals surface area contributed by atoms with E-state index in [-0.39, 0.29) is 10.8 Å². The van der Waals surface area contributed by atoms with E-state index < -0.39 is 0 Å². The number of rotatable bonds is 2. The molecule has 0 N–H and O–H groups in total. The summed E-state index contributed by atoms with van der Waals surface area (Å²) < 4.78 is 1.42. The Morgan fingerprint density at radius 2 is 1.10 bits per heavy atom. The Morgan fingerprint density at radius 3 is 1.41 bits per heavy atom. The van der Waals surface area contributed by atoms with Crippen molar-refractivity contribution in [2.24, 2.45) is 0 Å². The first-order valence-electron chi connectivity index (χ1n) is 14.5. The molecular weight excluding hydrogens is 572 g/mol. The van der Waals surface area contributed by atoms with E-state index in [2.05, 4.69) is 164 Å². The molecule has 1 aliphatic rings. The Bertz CT molecular complexity index is 1550. The summed E-state index contributed by atoms with van der Waals surface area (Å²) in [6.45, 7) is 15.7. The number of fused-ring (bicyclic) bond motifs is 3. The first-order valence-corrected chi connectivity index (χ1v) is 15.7. The second kappa shape index (κ2) is 13.3. The van der Waals surface area contributed by atoms with Crippen LogP contribution in [0.5, 0.6) is 0 Å². The molecule has 0 saturated heterocycles. The molecule has 0 bridgehead atoms. The van der Waals surface area contributed by atoms with Crippen LogP contribution in [0.2, 0.25) is 0 Å². The molecule has 0 radical (unpaired) electrons. The maximum absolute atomic E-state index is 3.05. The molecule has 0 aliphatic heterocycles. The van der Waals surface area contributed by atoms with Crippen molar-refractivity contribution >= 4 is 24.8 Å². The van der Waals surface area contributed by atoms with Crippen LogP contribution in [0.25, 0.3) is 21.5 Å². The first-order chi connectivity index (χ1) is 19.4. The van der Waals surface area contributed by atoms with Crippen molar-refractivity contribution in [2.45, 2.75) is 65.7 Å². The number of hydrogen-bond donors (Lipinski definition) is 0. The van der Waals surface area contributed by atoms with Gasteiger partial charge in [0.05, 0.1) is 0 Å². The van der Waals surface area contributed by atoms with E-state index >= 15 is 0 Å². The van der Waals surface area contributed by atoms with Crippen molar-refractivity contribution in [3.05, 3.63) is 149 Å². The van der Waals surface area contributed by atoms with Crippen LogP contribution in [0.3, 0.4) is 0 Å². The predicted octanol–water partition coefficient (Wildman–Crippen LogP) is 10.8. The van der Waals surface area contributed by atoms with Gasteiger partial charge in [-0.2, -0.15) is 6.08 Å². The molecule has 41 heavy (non-hydrogen) atoms.